The molecule has 2 rings (SSSR count). The maximum atomic E-state index is 5.83. The van der Waals surface area contributed by atoms with Crippen LogP contribution in [0.15, 0.2) is 10.7 Å². The zero-order valence-electron chi connectivity index (χ0n) is 11.8. The first kappa shape index (κ1) is 14.6. The molecule has 1 unspecified atom stereocenters. The molecule has 1 aliphatic heterocycles. The molecule has 2 heterocycles. The van der Waals surface area contributed by atoms with Crippen LogP contribution >= 0.6 is 15.9 Å². The third-order valence-corrected chi connectivity index (χ3v) is 4.76. The second-order valence-corrected chi connectivity index (χ2v) is 6.07. The number of nitrogens with zero attached hydrogens (tertiary/aromatic N) is 3. The fourth-order valence-corrected chi connectivity index (χ4v) is 2.72. The van der Waals surface area contributed by atoms with E-state index < -0.39 is 0 Å². The Morgan fingerprint density at radius 3 is 2.95 bits per heavy atom. The van der Waals surface area contributed by atoms with Crippen molar-refractivity contribution in [2.45, 2.75) is 13.0 Å². The topological polar surface area (TPSA) is 57.4 Å². The average molecular weight is 328 g/mol. The molecule has 0 amide bonds. The van der Waals surface area contributed by atoms with Crippen molar-refractivity contribution in [3.63, 3.8) is 0 Å². The Morgan fingerprint density at radius 2 is 2.21 bits per heavy atom. The summed E-state index contributed by atoms with van der Waals surface area (Å²) in [5.74, 6) is 0.869. The first-order valence-corrected chi connectivity index (χ1v) is 7.31. The number of hydrogen-bond acceptors (Lipinski definition) is 5. The number of piperazine rings is 1. The molecule has 3 N–H and O–H groups in total. The molecule has 0 saturated carbocycles. The van der Waals surface area contributed by atoms with Crippen molar-refractivity contribution >= 4 is 27.4 Å². The number of anilines is 2. The first-order chi connectivity index (χ1) is 8.99. The Hall–Kier alpha value is -0.850. The Bertz CT molecular complexity index is 451. The summed E-state index contributed by atoms with van der Waals surface area (Å²) < 4.78 is 0.958. The van der Waals surface area contributed by atoms with Gasteiger partial charge >= 0.3 is 0 Å². The zero-order chi connectivity index (χ0) is 14.0. The quantitative estimate of drug-likeness (QED) is 0.878. The molecule has 5 nitrogen and oxygen atoms in total. The van der Waals surface area contributed by atoms with E-state index in [0.717, 1.165) is 42.0 Å². The van der Waals surface area contributed by atoms with E-state index >= 15 is 0 Å². The molecule has 1 fully saturated rings. The van der Waals surface area contributed by atoms with Crippen LogP contribution in [-0.2, 0) is 0 Å². The number of nitrogen functional groups attached to an aromatic ring is 1. The summed E-state index contributed by atoms with van der Waals surface area (Å²) >= 11 is 3.55. The Balaban J connectivity index is 2.00. The molecule has 19 heavy (non-hydrogen) atoms. The second-order valence-electron chi connectivity index (χ2n) is 5.28. The molecule has 0 aromatic carbocycles. The van der Waals surface area contributed by atoms with Gasteiger partial charge in [-0.1, -0.05) is 0 Å². The van der Waals surface area contributed by atoms with E-state index in [0.29, 0.717) is 11.7 Å². The summed E-state index contributed by atoms with van der Waals surface area (Å²) in [6.07, 6.45) is 1.71. The van der Waals surface area contributed by atoms with Crippen molar-refractivity contribution in [2.75, 3.05) is 51.3 Å². The van der Waals surface area contributed by atoms with E-state index in [9.17, 15) is 0 Å². The van der Waals surface area contributed by atoms with Gasteiger partial charge in [0.2, 0.25) is 0 Å². The predicted molar refractivity (Wildman–Crippen MR) is 83.5 cm³/mol. The van der Waals surface area contributed by atoms with Gasteiger partial charge in [-0.05, 0) is 42.5 Å². The van der Waals surface area contributed by atoms with Crippen molar-refractivity contribution in [1.29, 1.82) is 0 Å². The Kier molecular flexibility index (Phi) is 4.65. The molecular weight excluding hydrogens is 306 g/mol. The minimum absolute atomic E-state index is 0.505. The van der Waals surface area contributed by atoms with Crippen LogP contribution in [0.25, 0.3) is 0 Å². The van der Waals surface area contributed by atoms with Gasteiger partial charge in [0.15, 0.2) is 0 Å². The molecule has 0 bridgehead atoms. The molecule has 6 heteroatoms. The fraction of sp³-hybridized carbons (Fsp3) is 0.615. The molecule has 1 aromatic rings. The van der Waals surface area contributed by atoms with Crippen molar-refractivity contribution in [2.24, 2.45) is 0 Å². The number of likely N-dealkylation sites (N-methyl/N-ethyl adjacent to an activating group) is 2. The highest BCUT2D eigenvalue weighted by Crippen LogP contribution is 2.27. The molecule has 106 valence electrons. The number of nitrogens with two attached hydrogens (primary N) is 1. The SMILES string of the molecule is Cc1c(N)cnc(NCC2CN(C)CCN2C)c1Br. The van der Waals surface area contributed by atoms with Gasteiger partial charge in [0.25, 0.3) is 0 Å². The summed E-state index contributed by atoms with van der Waals surface area (Å²) in [6.45, 7) is 6.20. The van der Waals surface area contributed by atoms with Crippen LogP contribution in [0, 0.1) is 6.92 Å². The molecule has 1 saturated heterocycles. The number of rotatable bonds is 3. The smallest absolute Gasteiger partial charge is 0.140 e. The van der Waals surface area contributed by atoms with E-state index in [1.807, 2.05) is 6.92 Å². The summed E-state index contributed by atoms with van der Waals surface area (Å²) in [4.78, 5) is 9.11. The van der Waals surface area contributed by atoms with Crippen LogP contribution in [0.4, 0.5) is 11.5 Å². The minimum atomic E-state index is 0.505. The number of hydrogen-bond donors (Lipinski definition) is 2. The molecule has 1 aromatic heterocycles. The maximum Gasteiger partial charge on any atom is 0.140 e. The van der Waals surface area contributed by atoms with Crippen molar-refractivity contribution < 1.29 is 0 Å². The van der Waals surface area contributed by atoms with Crippen LogP contribution in [-0.4, -0.2) is 61.1 Å². The van der Waals surface area contributed by atoms with Gasteiger partial charge in [-0.3, -0.25) is 4.90 Å². The van der Waals surface area contributed by atoms with E-state index in [-0.39, 0.29) is 0 Å². The molecule has 0 spiro atoms. The fourth-order valence-electron chi connectivity index (χ4n) is 2.25. The largest absolute Gasteiger partial charge is 0.397 e. The number of aromatic nitrogens is 1. The van der Waals surface area contributed by atoms with Crippen LogP contribution < -0.4 is 11.1 Å². The van der Waals surface area contributed by atoms with Crippen molar-refractivity contribution in [3.05, 3.63) is 16.2 Å². The van der Waals surface area contributed by atoms with Crippen LogP contribution in [0.3, 0.4) is 0 Å². The van der Waals surface area contributed by atoms with Gasteiger partial charge in [0, 0.05) is 32.2 Å². The Labute approximate surface area is 123 Å². The van der Waals surface area contributed by atoms with Crippen LogP contribution in [0.1, 0.15) is 5.56 Å². The monoisotopic (exact) mass is 327 g/mol. The van der Waals surface area contributed by atoms with Gasteiger partial charge in [-0.15, -0.1) is 0 Å². The molecular formula is C13H22BrN5. The number of pyridine rings is 1. The zero-order valence-corrected chi connectivity index (χ0v) is 13.4. The second kappa shape index (κ2) is 6.07. The molecule has 1 aliphatic rings. The number of nitrogens with one attached hydrogen (secondary N) is 1. The van der Waals surface area contributed by atoms with E-state index in [2.05, 4.69) is 50.1 Å². The van der Waals surface area contributed by atoms with Crippen LogP contribution in [0.2, 0.25) is 0 Å². The lowest BCUT2D eigenvalue weighted by atomic mass is 10.2. The lowest BCUT2D eigenvalue weighted by Gasteiger charge is -2.37. The Morgan fingerprint density at radius 1 is 1.47 bits per heavy atom. The molecule has 0 aliphatic carbocycles. The third kappa shape index (κ3) is 3.38. The highest BCUT2D eigenvalue weighted by atomic mass is 79.9. The van der Waals surface area contributed by atoms with Crippen molar-refractivity contribution in [3.8, 4) is 0 Å². The van der Waals surface area contributed by atoms with Gasteiger partial charge in [-0.2, -0.15) is 0 Å². The predicted octanol–water partition coefficient (Wildman–Crippen LogP) is 1.39. The van der Waals surface area contributed by atoms with Gasteiger partial charge < -0.3 is 16.0 Å². The maximum absolute atomic E-state index is 5.83. The highest BCUT2D eigenvalue weighted by molar-refractivity contribution is 9.10. The van der Waals surface area contributed by atoms with Crippen LogP contribution in [0.5, 0.6) is 0 Å². The van der Waals surface area contributed by atoms with E-state index in [1.54, 1.807) is 6.20 Å². The summed E-state index contributed by atoms with van der Waals surface area (Å²) in [5, 5.41) is 3.42. The molecule has 0 radical (unpaired) electrons. The van der Waals surface area contributed by atoms with Gasteiger partial charge in [-0.25, -0.2) is 4.98 Å². The lowest BCUT2D eigenvalue weighted by molar-refractivity contribution is 0.122. The van der Waals surface area contributed by atoms with E-state index in [4.69, 9.17) is 5.73 Å². The first-order valence-electron chi connectivity index (χ1n) is 6.52. The van der Waals surface area contributed by atoms with Gasteiger partial charge in [0.1, 0.15) is 5.82 Å². The van der Waals surface area contributed by atoms with Crippen molar-refractivity contribution in [1.82, 2.24) is 14.8 Å². The minimum Gasteiger partial charge on any atom is -0.397 e. The summed E-state index contributed by atoms with van der Waals surface area (Å²) in [7, 11) is 4.34. The summed E-state index contributed by atoms with van der Waals surface area (Å²) in [5.41, 5.74) is 7.58. The van der Waals surface area contributed by atoms with Gasteiger partial charge in [0.05, 0.1) is 16.4 Å². The normalized spacial score (nSPS) is 21.6. The highest BCUT2D eigenvalue weighted by Gasteiger charge is 2.22. The van der Waals surface area contributed by atoms with E-state index in [1.165, 1.54) is 0 Å². The number of halogens is 1. The standard InChI is InChI=1S/C13H22BrN5/c1-9-11(15)7-17-13(12(9)14)16-6-10-8-18(2)4-5-19(10)3/h7,10H,4-6,8,15H2,1-3H3,(H,16,17). The lowest BCUT2D eigenvalue weighted by Crippen LogP contribution is -2.52. The molecule has 1 atom stereocenters. The summed E-state index contributed by atoms with van der Waals surface area (Å²) in [6, 6.07) is 0.505. The average Bonchev–Trinajstić information content (AvgIpc) is 2.39. The third-order valence-electron chi connectivity index (χ3n) is 3.79.